The van der Waals surface area contributed by atoms with Crippen LogP contribution in [-0.4, -0.2) is 28.5 Å². The minimum absolute atomic E-state index is 0.214. The maximum atomic E-state index is 10.8. The van der Waals surface area contributed by atoms with Gasteiger partial charge in [-0.05, 0) is 19.6 Å². The zero-order valence-electron chi connectivity index (χ0n) is 8.71. The zero-order chi connectivity index (χ0) is 10.5. The van der Waals surface area contributed by atoms with Crippen LogP contribution in [0.5, 0.6) is 0 Å². The molecule has 0 saturated carbocycles. The molecule has 0 aliphatic rings. The highest BCUT2D eigenvalue weighted by molar-refractivity contribution is 6.70. The number of hydrogen-bond donors (Lipinski definition) is 0. The van der Waals surface area contributed by atoms with Crippen molar-refractivity contribution in [3.63, 3.8) is 0 Å². The van der Waals surface area contributed by atoms with Crippen molar-refractivity contribution in [3.8, 4) is 0 Å². The predicted molar refractivity (Wildman–Crippen MR) is 51.5 cm³/mol. The van der Waals surface area contributed by atoms with E-state index in [0.717, 1.165) is 0 Å². The predicted octanol–water partition coefficient (Wildman–Crippen LogP) is 1.50. The highest BCUT2D eigenvalue weighted by atomic mass is 28.4. The van der Waals surface area contributed by atoms with Crippen molar-refractivity contribution in [1.29, 1.82) is 0 Å². The van der Waals surface area contributed by atoms with Gasteiger partial charge in [0.15, 0.2) is 0 Å². The van der Waals surface area contributed by atoms with E-state index in [0.29, 0.717) is 0 Å². The molecule has 0 amide bonds. The lowest BCUT2D eigenvalue weighted by molar-refractivity contribution is -0.135. The van der Waals surface area contributed by atoms with Crippen LogP contribution >= 0.6 is 0 Å². The van der Waals surface area contributed by atoms with Gasteiger partial charge in [0.25, 0.3) is 5.95 Å². The lowest BCUT2D eigenvalue weighted by Gasteiger charge is -2.19. The van der Waals surface area contributed by atoms with E-state index in [9.17, 15) is 4.79 Å². The quantitative estimate of drug-likeness (QED) is 0.301. The summed E-state index contributed by atoms with van der Waals surface area (Å²) < 4.78 is 14.7. The van der Waals surface area contributed by atoms with Crippen LogP contribution in [0.4, 0.5) is 0 Å². The molecule has 0 heterocycles. The lowest BCUT2D eigenvalue weighted by atomic mass is 10.6. The van der Waals surface area contributed by atoms with E-state index in [1.54, 1.807) is 0 Å². The Bertz CT molecular complexity index is 205. The second-order valence-electron chi connectivity index (χ2n) is 3.41. The minimum atomic E-state index is -1.72. The van der Waals surface area contributed by atoms with E-state index >= 15 is 0 Å². The molecular formula is C8H16O4Si. The number of carbonyl (C=O) groups excluding carboxylic acids is 1. The van der Waals surface area contributed by atoms with Crippen molar-refractivity contribution in [1.82, 2.24) is 0 Å². The average molecular weight is 204 g/mol. The van der Waals surface area contributed by atoms with Crippen molar-refractivity contribution in [2.24, 2.45) is 0 Å². The third-order valence-corrected chi connectivity index (χ3v) is 1.86. The smallest absolute Gasteiger partial charge is 0.337 e. The molecule has 0 atom stereocenters. The first-order valence-electron chi connectivity index (χ1n) is 3.91. The van der Waals surface area contributed by atoms with Gasteiger partial charge in [-0.2, -0.15) is 0 Å². The fourth-order valence-corrected chi connectivity index (χ4v) is 1.33. The Morgan fingerprint density at radius 1 is 1.15 bits per heavy atom. The number of esters is 1. The van der Waals surface area contributed by atoms with Crippen LogP contribution in [0.15, 0.2) is 12.0 Å². The molecule has 0 saturated heterocycles. The van der Waals surface area contributed by atoms with Crippen LogP contribution in [0.2, 0.25) is 19.6 Å². The van der Waals surface area contributed by atoms with Gasteiger partial charge in [0.05, 0.1) is 14.2 Å². The van der Waals surface area contributed by atoms with Crippen molar-refractivity contribution in [2.75, 3.05) is 14.2 Å². The van der Waals surface area contributed by atoms with Crippen molar-refractivity contribution >= 4 is 14.3 Å². The average Bonchev–Trinajstić information content (AvgIpc) is 2.00. The number of ether oxygens (including phenoxy) is 2. The van der Waals surface area contributed by atoms with E-state index in [1.165, 1.54) is 20.3 Å². The van der Waals surface area contributed by atoms with Gasteiger partial charge < -0.3 is 13.9 Å². The Kier molecular flexibility index (Phi) is 4.54. The first-order valence-corrected chi connectivity index (χ1v) is 7.32. The number of hydrogen-bond acceptors (Lipinski definition) is 4. The molecule has 13 heavy (non-hydrogen) atoms. The van der Waals surface area contributed by atoms with Crippen molar-refractivity contribution in [2.45, 2.75) is 19.6 Å². The number of methoxy groups -OCH3 is 2. The molecule has 0 aromatic carbocycles. The van der Waals surface area contributed by atoms with Gasteiger partial charge in [0.1, 0.15) is 6.08 Å². The van der Waals surface area contributed by atoms with Gasteiger partial charge in [-0.15, -0.1) is 0 Å². The van der Waals surface area contributed by atoms with Crippen LogP contribution in [0.1, 0.15) is 0 Å². The van der Waals surface area contributed by atoms with Gasteiger partial charge in [0, 0.05) is 0 Å². The third-order valence-electron chi connectivity index (χ3n) is 1.04. The number of rotatable bonds is 4. The van der Waals surface area contributed by atoms with Crippen molar-refractivity contribution in [3.05, 3.63) is 12.0 Å². The molecule has 0 fully saturated rings. The standard InChI is InChI=1S/C8H16O4Si/c1-10-7(9)6-8(11-2)12-13(3,4)5/h6H,1-5H3. The summed E-state index contributed by atoms with van der Waals surface area (Å²) in [6.07, 6.45) is 1.19. The lowest BCUT2D eigenvalue weighted by Crippen LogP contribution is -2.25. The molecule has 76 valence electrons. The summed E-state index contributed by atoms with van der Waals surface area (Å²) in [5, 5.41) is 0. The summed E-state index contributed by atoms with van der Waals surface area (Å²) in [6, 6.07) is 0. The molecule has 0 radical (unpaired) electrons. The summed E-state index contributed by atoms with van der Waals surface area (Å²) in [6.45, 7) is 5.99. The Balaban J connectivity index is 4.34. The van der Waals surface area contributed by atoms with Gasteiger partial charge in [-0.25, -0.2) is 4.79 Å². The molecule has 0 aromatic rings. The van der Waals surface area contributed by atoms with Gasteiger partial charge in [-0.1, -0.05) is 0 Å². The van der Waals surface area contributed by atoms with Crippen LogP contribution in [0, 0.1) is 0 Å². The molecule has 5 heteroatoms. The molecule has 0 aliphatic heterocycles. The second kappa shape index (κ2) is 4.91. The number of carbonyl (C=O) groups is 1. The Labute approximate surface area is 79.6 Å². The summed E-state index contributed by atoms with van der Waals surface area (Å²) in [4.78, 5) is 10.8. The first-order chi connectivity index (χ1) is 5.89. The highest BCUT2D eigenvalue weighted by Gasteiger charge is 2.18. The van der Waals surface area contributed by atoms with Crippen LogP contribution < -0.4 is 0 Å². The highest BCUT2D eigenvalue weighted by Crippen LogP contribution is 2.10. The molecule has 0 unspecified atom stereocenters. The molecule has 0 aliphatic carbocycles. The Morgan fingerprint density at radius 2 is 1.69 bits per heavy atom. The van der Waals surface area contributed by atoms with E-state index in [2.05, 4.69) is 4.74 Å². The summed E-state index contributed by atoms with van der Waals surface area (Å²) >= 11 is 0. The molecule has 0 rings (SSSR count). The maximum absolute atomic E-state index is 10.8. The molecule has 0 spiro atoms. The summed E-state index contributed by atoms with van der Waals surface area (Å²) in [5.41, 5.74) is 0. The van der Waals surface area contributed by atoms with Gasteiger partial charge in [0.2, 0.25) is 8.32 Å². The van der Waals surface area contributed by atoms with E-state index < -0.39 is 14.3 Å². The van der Waals surface area contributed by atoms with Crippen LogP contribution in [0.3, 0.4) is 0 Å². The zero-order valence-corrected chi connectivity index (χ0v) is 9.71. The first kappa shape index (κ1) is 12.0. The molecule has 4 nitrogen and oxygen atoms in total. The summed E-state index contributed by atoms with van der Waals surface area (Å²) in [7, 11) is 1.04. The van der Waals surface area contributed by atoms with Crippen LogP contribution in [0.25, 0.3) is 0 Å². The third kappa shape index (κ3) is 6.21. The van der Waals surface area contributed by atoms with E-state index in [-0.39, 0.29) is 5.95 Å². The summed E-state index contributed by atoms with van der Waals surface area (Å²) in [5.74, 6) is -0.263. The fourth-order valence-electron chi connectivity index (χ4n) is 0.587. The van der Waals surface area contributed by atoms with Gasteiger partial charge in [-0.3, -0.25) is 0 Å². The SMILES string of the molecule is COC(=O)C=C(OC)O[Si](C)(C)C. The maximum Gasteiger partial charge on any atom is 0.337 e. The Hall–Kier alpha value is -0.973. The van der Waals surface area contributed by atoms with Gasteiger partial charge >= 0.3 is 5.97 Å². The molecule has 0 N–H and O–H groups in total. The van der Waals surface area contributed by atoms with E-state index in [4.69, 9.17) is 9.16 Å². The molecule has 0 aromatic heterocycles. The monoisotopic (exact) mass is 204 g/mol. The van der Waals surface area contributed by atoms with Crippen LogP contribution in [-0.2, 0) is 18.7 Å². The Morgan fingerprint density at radius 3 is 2.00 bits per heavy atom. The topological polar surface area (TPSA) is 44.8 Å². The largest absolute Gasteiger partial charge is 0.520 e. The molecular weight excluding hydrogens is 188 g/mol. The van der Waals surface area contributed by atoms with Crippen molar-refractivity contribution < 1.29 is 18.7 Å². The van der Waals surface area contributed by atoms with E-state index in [1.807, 2.05) is 19.6 Å². The minimum Gasteiger partial charge on any atom is -0.520 e. The molecule has 0 bridgehead atoms. The fraction of sp³-hybridized carbons (Fsp3) is 0.625. The second-order valence-corrected chi connectivity index (χ2v) is 7.83. The normalized spacial score (nSPS) is 12.2.